The maximum absolute atomic E-state index is 11.1. The summed E-state index contributed by atoms with van der Waals surface area (Å²) < 4.78 is 11.1. The largest absolute Gasteiger partial charge is 0.544 e. The zero-order valence-electron chi connectivity index (χ0n) is 7.25. The maximum atomic E-state index is 11.1. The molecule has 3 N–H and O–H groups in total. The molecule has 0 aromatic heterocycles. The normalized spacial score (nSPS) is 15.5. The maximum Gasteiger partial charge on any atom is 0.136 e. The van der Waals surface area contributed by atoms with Gasteiger partial charge in [0.2, 0.25) is 0 Å². The molecule has 0 spiro atoms. The predicted octanol–water partition coefficient (Wildman–Crippen LogP) is -2.10. The number of carbonyl (C=O) groups excluding carboxylic acids is 1. The fourth-order valence-electron chi connectivity index (χ4n) is 0.681. The summed E-state index contributed by atoms with van der Waals surface area (Å²) in [6.07, 6.45) is 1.84. The smallest absolute Gasteiger partial charge is 0.136 e. The molecule has 2 atom stereocenters. The van der Waals surface area contributed by atoms with E-state index in [1.165, 1.54) is 0 Å². The lowest BCUT2D eigenvalue weighted by molar-refractivity contribution is -0.431. The van der Waals surface area contributed by atoms with Gasteiger partial charge in [0, 0.05) is 16.6 Å². The highest BCUT2D eigenvalue weighted by Crippen LogP contribution is 1.92. The van der Waals surface area contributed by atoms with Crippen LogP contribution in [-0.2, 0) is 15.6 Å². The minimum Gasteiger partial charge on any atom is -0.544 e. The second-order valence-electron chi connectivity index (χ2n) is 2.68. The van der Waals surface area contributed by atoms with Gasteiger partial charge in [0.15, 0.2) is 0 Å². The van der Waals surface area contributed by atoms with Crippen molar-refractivity contribution in [1.82, 2.24) is 0 Å². The van der Waals surface area contributed by atoms with Gasteiger partial charge in [-0.25, -0.2) is 0 Å². The van der Waals surface area contributed by atoms with Gasteiger partial charge in [0.05, 0.1) is 5.75 Å². The first kappa shape index (κ1) is 11.6. The molecule has 0 saturated carbocycles. The van der Waals surface area contributed by atoms with E-state index >= 15 is 0 Å². The number of hydrogen-bond acceptors (Lipinski definition) is 3. The topological polar surface area (TPSA) is 84.8 Å². The van der Waals surface area contributed by atoms with Crippen molar-refractivity contribution < 1.29 is 19.8 Å². The van der Waals surface area contributed by atoms with Crippen molar-refractivity contribution >= 4 is 16.8 Å². The van der Waals surface area contributed by atoms with E-state index in [0.717, 1.165) is 12.8 Å². The third-order valence-corrected chi connectivity index (χ3v) is 2.96. The Balaban J connectivity index is 3.61. The van der Waals surface area contributed by atoms with Crippen LogP contribution < -0.4 is 10.8 Å². The Kier molecular flexibility index (Phi) is 5.92. The van der Waals surface area contributed by atoms with Crippen molar-refractivity contribution in [1.29, 1.82) is 0 Å². The fraction of sp³-hybridized carbons (Fsp3) is 0.857. The summed E-state index contributed by atoms with van der Waals surface area (Å²) in [7, 11) is -1.05. The third kappa shape index (κ3) is 5.26. The van der Waals surface area contributed by atoms with E-state index in [1.807, 2.05) is 6.92 Å². The Hall–Kier alpha value is -0.420. The van der Waals surface area contributed by atoms with Crippen LogP contribution in [0.2, 0.25) is 0 Å². The van der Waals surface area contributed by atoms with Gasteiger partial charge >= 0.3 is 0 Å². The van der Waals surface area contributed by atoms with Crippen molar-refractivity contribution in [3.05, 3.63) is 0 Å². The van der Waals surface area contributed by atoms with E-state index in [0.29, 0.717) is 5.75 Å². The van der Waals surface area contributed by atoms with E-state index in [1.54, 1.807) is 0 Å². The lowest BCUT2D eigenvalue weighted by atomic mass is 10.4. The van der Waals surface area contributed by atoms with Crippen molar-refractivity contribution in [2.45, 2.75) is 25.8 Å². The Morgan fingerprint density at radius 2 is 2.25 bits per heavy atom. The van der Waals surface area contributed by atoms with Crippen molar-refractivity contribution in [2.24, 2.45) is 0 Å². The molecule has 0 aromatic rings. The molecule has 12 heavy (non-hydrogen) atoms. The summed E-state index contributed by atoms with van der Waals surface area (Å²) in [4.78, 5) is 10.2. The minimum absolute atomic E-state index is 0.113. The van der Waals surface area contributed by atoms with Crippen molar-refractivity contribution in [3.8, 4) is 0 Å². The van der Waals surface area contributed by atoms with Gasteiger partial charge in [-0.3, -0.25) is 4.21 Å². The third-order valence-electron chi connectivity index (χ3n) is 1.45. The Bertz CT molecular complexity index is 172. The van der Waals surface area contributed by atoms with Gasteiger partial charge < -0.3 is 15.6 Å². The van der Waals surface area contributed by atoms with E-state index in [2.05, 4.69) is 5.73 Å². The highest BCUT2D eigenvalue weighted by atomic mass is 32.2. The Morgan fingerprint density at radius 3 is 2.67 bits per heavy atom. The number of carboxylic acid groups (broad SMARTS) is 1. The van der Waals surface area contributed by atoms with Gasteiger partial charge in [0.1, 0.15) is 12.0 Å². The van der Waals surface area contributed by atoms with E-state index in [-0.39, 0.29) is 5.75 Å². The predicted molar refractivity (Wildman–Crippen MR) is 44.5 cm³/mol. The summed E-state index contributed by atoms with van der Waals surface area (Å²) in [5.74, 6) is -0.544. The number of carbonyl (C=O) groups is 1. The second kappa shape index (κ2) is 6.14. The summed E-state index contributed by atoms with van der Waals surface area (Å²) in [6, 6.07) is -0.845. The lowest BCUT2D eigenvalue weighted by Gasteiger charge is -2.08. The molecule has 0 aliphatic heterocycles. The van der Waals surface area contributed by atoms with Gasteiger partial charge in [-0.2, -0.15) is 0 Å². The zero-order valence-corrected chi connectivity index (χ0v) is 8.06. The summed E-state index contributed by atoms with van der Waals surface area (Å²) in [6.45, 7) is 2.00. The minimum atomic E-state index is -1.22. The number of quaternary nitrogens is 1. The first-order chi connectivity index (χ1) is 5.57. The molecule has 4 nitrogen and oxygen atoms in total. The molecule has 0 bridgehead atoms. The summed E-state index contributed by atoms with van der Waals surface area (Å²) in [5.41, 5.74) is 3.33. The van der Waals surface area contributed by atoms with Gasteiger partial charge in [-0.1, -0.05) is 13.3 Å². The average molecular weight is 193 g/mol. The van der Waals surface area contributed by atoms with Crippen LogP contribution in [0.4, 0.5) is 0 Å². The number of carboxylic acids is 1. The molecule has 0 fully saturated rings. The summed E-state index contributed by atoms with van der Waals surface area (Å²) in [5, 5.41) is 10.2. The molecular formula is C7H15NO3S. The molecule has 0 aliphatic rings. The highest BCUT2D eigenvalue weighted by molar-refractivity contribution is 7.85. The Morgan fingerprint density at radius 1 is 1.67 bits per heavy atom. The number of hydrogen-bond donors (Lipinski definition) is 1. The molecular weight excluding hydrogens is 178 g/mol. The van der Waals surface area contributed by atoms with Crippen LogP contribution in [0.5, 0.6) is 0 Å². The van der Waals surface area contributed by atoms with Gasteiger partial charge in [0.25, 0.3) is 0 Å². The van der Waals surface area contributed by atoms with Crippen LogP contribution in [0.3, 0.4) is 0 Å². The molecule has 0 amide bonds. The monoisotopic (exact) mass is 193 g/mol. The molecule has 72 valence electrons. The van der Waals surface area contributed by atoms with Gasteiger partial charge in [-0.15, -0.1) is 0 Å². The number of unbranched alkanes of at least 4 members (excludes halogenated alkanes) is 1. The van der Waals surface area contributed by atoms with Crippen molar-refractivity contribution in [3.63, 3.8) is 0 Å². The van der Waals surface area contributed by atoms with Crippen LogP contribution in [0.1, 0.15) is 19.8 Å². The molecule has 0 saturated heterocycles. The fourth-order valence-corrected chi connectivity index (χ4v) is 2.04. The first-order valence-electron chi connectivity index (χ1n) is 3.96. The molecule has 0 radical (unpaired) electrons. The first-order valence-corrected chi connectivity index (χ1v) is 5.45. The number of rotatable bonds is 6. The average Bonchev–Trinajstić information content (AvgIpc) is 2.00. The van der Waals surface area contributed by atoms with E-state index < -0.39 is 22.8 Å². The van der Waals surface area contributed by atoms with Crippen LogP contribution in [0, 0.1) is 0 Å². The number of aliphatic carboxylic acids is 1. The van der Waals surface area contributed by atoms with E-state index in [4.69, 9.17) is 0 Å². The molecule has 0 rings (SSSR count). The molecule has 0 aliphatic carbocycles. The summed E-state index contributed by atoms with van der Waals surface area (Å²) >= 11 is 0. The molecule has 5 heteroatoms. The van der Waals surface area contributed by atoms with Crippen LogP contribution in [-0.4, -0.2) is 27.7 Å². The molecule has 0 unspecified atom stereocenters. The van der Waals surface area contributed by atoms with Crippen LogP contribution >= 0.6 is 0 Å². The standard InChI is InChI=1S/C7H15NO3S/c1-2-3-4-12(11)5-6(8)7(9)10/h6H,2-5,8H2,1H3,(H,9,10)/t6-,12+/m0/s1. The lowest BCUT2D eigenvalue weighted by Crippen LogP contribution is -2.70. The molecule has 0 heterocycles. The second-order valence-corrected chi connectivity index (χ2v) is 4.30. The Labute approximate surface area is 74.6 Å². The highest BCUT2D eigenvalue weighted by Gasteiger charge is 2.11. The quantitative estimate of drug-likeness (QED) is 0.524. The van der Waals surface area contributed by atoms with Crippen LogP contribution in [0.25, 0.3) is 0 Å². The van der Waals surface area contributed by atoms with Crippen LogP contribution in [0.15, 0.2) is 0 Å². The zero-order chi connectivity index (χ0) is 9.56. The SMILES string of the molecule is CCCC[S@@](=O)C[C@H]([NH3+])C(=O)[O-]. The van der Waals surface area contributed by atoms with Gasteiger partial charge in [-0.05, 0) is 6.42 Å². The molecule has 0 aromatic carbocycles. The van der Waals surface area contributed by atoms with Crippen molar-refractivity contribution in [2.75, 3.05) is 11.5 Å². The van der Waals surface area contributed by atoms with E-state index in [9.17, 15) is 14.1 Å².